The number of Topliss-reactive ketones (excluding diaryl/α,β-unsaturated/α-hetero) is 1. The number of fused-ring (bicyclic) bond motifs is 5. The van der Waals surface area contributed by atoms with E-state index in [1.807, 2.05) is 55.1 Å². The van der Waals surface area contributed by atoms with Gasteiger partial charge in [0, 0.05) is 102 Å². The molecular weight excluding hydrogens is 1270 g/mol. The summed E-state index contributed by atoms with van der Waals surface area (Å²) in [5.74, 6) is -6.00. The maximum atomic E-state index is 15.9. The first-order valence-corrected chi connectivity index (χ1v) is 36.2. The van der Waals surface area contributed by atoms with E-state index in [1.54, 1.807) is 62.2 Å². The van der Waals surface area contributed by atoms with E-state index < -0.39 is 137 Å². The minimum atomic E-state index is -1.64. The van der Waals surface area contributed by atoms with Gasteiger partial charge in [-0.05, 0) is 107 Å². The van der Waals surface area contributed by atoms with Gasteiger partial charge in [0.2, 0.25) is 41.4 Å². The van der Waals surface area contributed by atoms with Gasteiger partial charge in [0.15, 0.2) is 6.04 Å². The van der Waals surface area contributed by atoms with Crippen molar-refractivity contribution in [2.24, 2.45) is 23.7 Å². The number of likely N-dealkylation sites (N-methyl/N-ethyl adjacent to an activating group) is 1. The predicted molar refractivity (Wildman–Crippen MR) is 357 cm³/mol. The van der Waals surface area contributed by atoms with Crippen LogP contribution in [0.1, 0.15) is 103 Å². The molecule has 2 aromatic carbocycles. The molecule has 8 aliphatic rings. The van der Waals surface area contributed by atoms with E-state index in [-0.39, 0.29) is 81.5 Å². The topological polar surface area (TPSA) is 300 Å². The average molecular weight is 1370 g/mol. The zero-order valence-corrected chi connectivity index (χ0v) is 57.7. The number of nitrogens with zero attached hydrogens (tertiary/aromatic N) is 6. The quantitative estimate of drug-likeness (QED) is 0.0829. The molecule has 8 aliphatic heterocycles. The summed E-state index contributed by atoms with van der Waals surface area (Å²) < 4.78 is 12.2. The van der Waals surface area contributed by atoms with Crippen LogP contribution in [0.5, 0.6) is 0 Å². The van der Waals surface area contributed by atoms with Gasteiger partial charge in [0.1, 0.15) is 71.9 Å². The highest BCUT2D eigenvalue weighted by molar-refractivity contribution is 8.00. The second-order valence-corrected chi connectivity index (χ2v) is 29.8. The largest absolute Gasteiger partial charge is 0.458 e. The average Bonchev–Trinajstić information content (AvgIpc) is 1.05. The van der Waals surface area contributed by atoms with Crippen molar-refractivity contribution in [2.45, 2.75) is 181 Å². The Morgan fingerprint density at radius 3 is 2.17 bits per heavy atom. The number of aliphatic hydroxyl groups excluding tert-OH is 3. The van der Waals surface area contributed by atoms with E-state index in [4.69, 9.17) is 21.1 Å². The Balaban J connectivity index is 0.994. The molecule has 8 unspecified atom stereocenters. The van der Waals surface area contributed by atoms with Crippen molar-refractivity contribution in [1.29, 1.82) is 0 Å². The van der Waals surface area contributed by atoms with E-state index in [0.29, 0.717) is 48.3 Å². The normalized spacial score (nSPS) is 34.0. The van der Waals surface area contributed by atoms with E-state index >= 15 is 14.4 Å². The Morgan fingerprint density at radius 2 is 1.53 bits per heavy atom. The summed E-state index contributed by atoms with van der Waals surface area (Å²) >= 11 is 9.50. The van der Waals surface area contributed by atoms with Gasteiger partial charge in [-0.25, -0.2) is 4.79 Å². The molecular formula is C67H97ClN10O14S2. The number of alkyl halides is 1. The number of aliphatic hydroxyl groups is 3. The lowest BCUT2D eigenvalue weighted by Crippen LogP contribution is -2.65. The van der Waals surface area contributed by atoms with Crippen LogP contribution in [0, 0.1) is 23.7 Å². The minimum Gasteiger partial charge on any atom is -0.458 e. The number of piperidine rings is 5. The lowest BCUT2D eigenvalue weighted by Gasteiger charge is -2.45. The van der Waals surface area contributed by atoms with Crippen molar-refractivity contribution in [2.75, 3.05) is 90.4 Å². The molecule has 2 bridgehead atoms. The second kappa shape index (κ2) is 32.6. The maximum Gasteiger partial charge on any atom is 0.333 e. The summed E-state index contributed by atoms with van der Waals surface area (Å²) in [6.45, 7) is 10.6. The van der Waals surface area contributed by atoms with E-state index in [2.05, 4.69) is 26.2 Å². The van der Waals surface area contributed by atoms with Gasteiger partial charge in [-0.2, -0.15) is 11.8 Å². The lowest BCUT2D eigenvalue weighted by atomic mass is 9.86. The van der Waals surface area contributed by atoms with Crippen LogP contribution in [-0.4, -0.2) is 261 Å². The van der Waals surface area contributed by atoms with Crippen LogP contribution < -0.4 is 26.2 Å². The molecule has 7 N–H and O–H groups in total. The third-order valence-corrected chi connectivity index (χ3v) is 23.1. The third kappa shape index (κ3) is 17.0. The van der Waals surface area contributed by atoms with Crippen LogP contribution in [0.25, 0.3) is 0 Å². The number of likely N-dealkylation sites (tertiary alicyclic amines) is 1. The Kier molecular flexibility index (Phi) is 25.2. The molecule has 2 aromatic rings. The number of ketones is 1. The van der Waals surface area contributed by atoms with Crippen molar-refractivity contribution < 1.29 is 67.9 Å². The first kappa shape index (κ1) is 72.7. The zero-order valence-electron chi connectivity index (χ0n) is 55.3. The highest BCUT2D eigenvalue weighted by Gasteiger charge is 2.51. The Morgan fingerprint density at radius 1 is 0.819 bits per heavy atom. The predicted octanol–water partition coefficient (Wildman–Crippen LogP) is 1.93. The maximum absolute atomic E-state index is 15.9. The standard InChI is InChI=1S/C67H97ClN10O14S2/c1-9-39-29-43(60(84)71-53(37(3)68)59-57(82)56(81)58(83)67(92-59)93-8)33-76(32-39)28-24-52(80)70-54-38(4)91-66(90)55(42-15-12-11-13-16-42)72-61(85)48-31-50(79)44(36-94-51-35-75-26-22-41(51)23-27-75)34-78(48)65(89)49(30-40-18-20-45(21-19-40)73(5)6)74(7)64(88)47-17-14-25-77(47)63(87)46(10-2)69-62(54)86/h11-13,15-16,18-21,37-39,41,43-44,46-49,51,53-59,67,81-83H,9-10,14,17,22-36H2,1-8H3,(H,69,86)(H,70,80)(H,71,84)(H,72,85)/t37?,38-,39?,43?,44+,46?,47+,48+,49+,51?,53?,54+,55+,56-,57-,58?,59?,67-/m1/s1. The number of benzene rings is 2. The Hall–Kier alpha value is -5.58. The van der Waals surface area contributed by atoms with Crippen LogP contribution in [0.15, 0.2) is 54.6 Å². The number of hydrogen-bond donors (Lipinski definition) is 7. The molecule has 24 nitrogen and oxygen atoms in total. The van der Waals surface area contributed by atoms with Gasteiger partial charge in [0.25, 0.3) is 0 Å². The first-order valence-electron chi connectivity index (χ1n) is 33.4. The molecule has 8 saturated heterocycles. The van der Waals surface area contributed by atoms with Gasteiger partial charge >= 0.3 is 5.97 Å². The van der Waals surface area contributed by atoms with Gasteiger partial charge in [-0.15, -0.1) is 23.4 Å². The van der Waals surface area contributed by atoms with Crippen molar-refractivity contribution in [3.8, 4) is 0 Å². The summed E-state index contributed by atoms with van der Waals surface area (Å²) in [6.07, 6.45) is -1.92. The molecule has 7 amide bonds. The molecule has 0 saturated carbocycles. The molecule has 18 atom stereocenters. The molecule has 8 heterocycles. The zero-order chi connectivity index (χ0) is 67.8. The molecule has 94 heavy (non-hydrogen) atoms. The molecule has 0 aliphatic carbocycles. The first-order chi connectivity index (χ1) is 44.9. The van der Waals surface area contributed by atoms with Crippen molar-refractivity contribution >= 4 is 93.9 Å². The van der Waals surface area contributed by atoms with Gasteiger partial charge < -0.3 is 75.5 Å². The molecule has 0 aromatic heterocycles. The number of cyclic esters (lactones) is 1. The summed E-state index contributed by atoms with van der Waals surface area (Å²) in [4.78, 5) is 145. The minimum absolute atomic E-state index is 0.0111. The number of amides is 7. The fraction of sp³-hybridized carbons (Fsp3) is 0.687. The summed E-state index contributed by atoms with van der Waals surface area (Å²) in [5, 5.41) is 43.2. The second-order valence-electron chi connectivity index (χ2n) is 26.9. The number of hydrogen-bond acceptors (Lipinski definition) is 19. The number of thioether (sulfide) groups is 2. The van der Waals surface area contributed by atoms with Gasteiger partial charge in [0.05, 0.1) is 17.3 Å². The lowest BCUT2D eigenvalue weighted by molar-refractivity contribution is -0.205. The summed E-state index contributed by atoms with van der Waals surface area (Å²) in [7, 11) is 5.33. The van der Waals surface area contributed by atoms with Crippen LogP contribution in [0.3, 0.4) is 0 Å². The van der Waals surface area contributed by atoms with Crippen molar-refractivity contribution in [3.63, 3.8) is 0 Å². The van der Waals surface area contributed by atoms with E-state index in [1.165, 1.54) is 28.7 Å². The van der Waals surface area contributed by atoms with Gasteiger partial charge in [-0.3, -0.25) is 38.4 Å². The number of nitrogens with one attached hydrogen (secondary N) is 4. The SMILES string of the molecule is CCC1CC(C(=O)NC(C(C)Cl)C2O[C@H](SC)C(O)[C@H](O)[C@H]2O)CN(CCC(=O)N[C@@H]2C(=O)NC(CC)C(=O)N3CCC[C@H]3C(=O)N(C)[C@@H](Cc3ccc(N(C)C)cc3)C(=O)N3C[C@@H](CSC4CN5CCC4CC5)C(=O)C[C@H]3C(=O)N[C@@H](c3ccccc3)C(=O)O[C@@H]2C)C1. The van der Waals surface area contributed by atoms with E-state index in [9.17, 15) is 44.1 Å². The fourth-order valence-electron chi connectivity index (χ4n) is 14.6. The molecule has 518 valence electrons. The number of carbonyl (C=O) groups is 9. The molecule has 0 radical (unpaired) electrons. The summed E-state index contributed by atoms with van der Waals surface area (Å²) in [5.41, 5.74) is 0.988. The van der Waals surface area contributed by atoms with Crippen molar-refractivity contribution in [3.05, 3.63) is 65.7 Å². The van der Waals surface area contributed by atoms with Crippen LogP contribution in [0.2, 0.25) is 0 Å². The Labute approximate surface area is 565 Å². The van der Waals surface area contributed by atoms with Crippen molar-refractivity contribution in [1.82, 2.24) is 45.8 Å². The highest BCUT2D eigenvalue weighted by Crippen LogP contribution is 2.38. The Bertz CT molecular complexity index is 3000. The smallest absolute Gasteiger partial charge is 0.333 e. The van der Waals surface area contributed by atoms with Gasteiger partial charge in [-0.1, -0.05) is 62.7 Å². The number of carbonyl (C=O) groups excluding carboxylic acids is 9. The molecule has 27 heteroatoms. The number of halogens is 1. The number of ether oxygens (including phenoxy) is 2. The molecule has 8 fully saturated rings. The number of esters is 1. The third-order valence-electron chi connectivity index (χ3n) is 20.4. The summed E-state index contributed by atoms with van der Waals surface area (Å²) in [6, 6.07) is 6.63. The number of rotatable bonds is 18. The molecule has 0 spiro atoms. The highest BCUT2D eigenvalue weighted by atomic mass is 35.5. The number of anilines is 1. The monoisotopic (exact) mass is 1360 g/mol. The van der Waals surface area contributed by atoms with Crippen LogP contribution >= 0.6 is 35.1 Å². The molecule has 10 rings (SSSR count). The fourth-order valence-corrected chi connectivity index (χ4v) is 17.1. The van der Waals surface area contributed by atoms with E-state index in [0.717, 1.165) is 49.9 Å². The van der Waals surface area contributed by atoms with Crippen LogP contribution in [0.4, 0.5) is 5.69 Å². The van der Waals surface area contributed by atoms with Crippen LogP contribution in [-0.2, 0) is 59.0 Å².